The number of carbonyl (C=O) groups is 1. The van der Waals surface area contributed by atoms with Crippen LogP contribution >= 0.6 is 0 Å². The average molecular weight is 232 g/mol. The SMILES string of the molecule is Cc1cc(C(=O)NC(C#N)C(C)C)c(C)nn1. The summed E-state index contributed by atoms with van der Waals surface area (Å²) in [6.07, 6.45) is 0. The van der Waals surface area contributed by atoms with Gasteiger partial charge in [-0.2, -0.15) is 15.5 Å². The Morgan fingerprint density at radius 1 is 1.41 bits per heavy atom. The van der Waals surface area contributed by atoms with Crippen molar-refractivity contribution in [3.63, 3.8) is 0 Å². The molecular formula is C12H16N4O. The van der Waals surface area contributed by atoms with E-state index >= 15 is 0 Å². The lowest BCUT2D eigenvalue weighted by Crippen LogP contribution is -2.37. The number of rotatable bonds is 3. The monoisotopic (exact) mass is 232 g/mol. The normalized spacial score (nSPS) is 12.0. The van der Waals surface area contributed by atoms with E-state index in [2.05, 4.69) is 21.6 Å². The third kappa shape index (κ3) is 3.25. The van der Waals surface area contributed by atoms with E-state index in [4.69, 9.17) is 5.26 Å². The van der Waals surface area contributed by atoms with E-state index in [-0.39, 0.29) is 11.8 Å². The van der Waals surface area contributed by atoms with Gasteiger partial charge in [0.2, 0.25) is 0 Å². The molecule has 0 aliphatic carbocycles. The highest BCUT2D eigenvalue weighted by Gasteiger charge is 2.18. The van der Waals surface area contributed by atoms with E-state index < -0.39 is 6.04 Å². The first-order valence-corrected chi connectivity index (χ1v) is 5.47. The Labute approximate surface area is 101 Å². The van der Waals surface area contributed by atoms with Crippen LogP contribution in [0.2, 0.25) is 0 Å². The molecule has 1 unspecified atom stereocenters. The van der Waals surface area contributed by atoms with Crippen molar-refractivity contribution < 1.29 is 4.79 Å². The summed E-state index contributed by atoms with van der Waals surface area (Å²) in [5.74, 6) is -0.208. The molecule has 1 amide bonds. The van der Waals surface area contributed by atoms with Crippen LogP contribution in [0.1, 0.15) is 35.6 Å². The van der Waals surface area contributed by atoms with E-state index in [1.54, 1.807) is 19.9 Å². The first-order valence-electron chi connectivity index (χ1n) is 5.47. The zero-order valence-corrected chi connectivity index (χ0v) is 10.5. The molecule has 1 aromatic rings. The molecule has 0 aliphatic heterocycles. The summed E-state index contributed by atoms with van der Waals surface area (Å²) in [5.41, 5.74) is 1.71. The summed E-state index contributed by atoms with van der Waals surface area (Å²) in [6.45, 7) is 7.26. The molecule has 17 heavy (non-hydrogen) atoms. The number of nitriles is 1. The lowest BCUT2D eigenvalue weighted by molar-refractivity contribution is 0.0936. The first kappa shape index (κ1) is 13.1. The molecular weight excluding hydrogens is 216 g/mol. The van der Waals surface area contributed by atoms with Gasteiger partial charge in [-0.1, -0.05) is 13.8 Å². The number of amides is 1. The van der Waals surface area contributed by atoms with Gasteiger partial charge in [0.15, 0.2) is 0 Å². The molecule has 0 aliphatic rings. The van der Waals surface area contributed by atoms with E-state index in [0.717, 1.165) is 0 Å². The van der Waals surface area contributed by atoms with Gasteiger partial charge >= 0.3 is 0 Å². The minimum absolute atomic E-state index is 0.0696. The first-order chi connectivity index (χ1) is 7.95. The van der Waals surface area contributed by atoms with Crippen molar-refractivity contribution in [3.8, 4) is 6.07 Å². The van der Waals surface area contributed by atoms with Crippen LogP contribution in [0, 0.1) is 31.1 Å². The molecule has 0 saturated carbocycles. The van der Waals surface area contributed by atoms with Crippen molar-refractivity contribution in [3.05, 3.63) is 23.0 Å². The molecule has 1 N–H and O–H groups in total. The van der Waals surface area contributed by atoms with E-state index in [1.165, 1.54) is 0 Å². The lowest BCUT2D eigenvalue weighted by atomic mass is 10.1. The highest BCUT2D eigenvalue weighted by molar-refractivity contribution is 5.95. The molecule has 1 rings (SSSR count). The molecule has 0 fully saturated rings. The Hall–Kier alpha value is -1.96. The standard InChI is InChI=1S/C12H16N4O/c1-7(2)11(6-13)14-12(17)10-5-8(3)15-16-9(10)4/h5,7,11H,1-4H3,(H,14,17). The minimum atomic E-state index is -0.490. The van der Waals surface area contributed by atoms with Crippen molar-refractivity contribution in [2.45, 2.75) is 33.7 Å². The van der Waals surface area contributed by atoms with Crippen LogP contribution in [0.4, 0.5) is 0 Å². The molecule has 5 heteroatoms. The number of nitrogens with one attached hydrogen (secondary N) is 1. The van der Waals surface area contributed by atoms with Crippen LogP contribution in [-0.2, 0) is 0 Å². The molecule has 0 aromatic carbocycles. The smallest absolute Gasteiger partial charge is 0.254 e. The maximum Gasteiger partial charge on any atom is 0.254 e. The number of hydrogen-bond acceptors (Lipinski definition) is 4. The lowest BCUT2D eigenvalue weighted by Gasteiger charge is -2.15. The van der Waals surface area contributed by atoms with Gasteiger partial charge in [-0.25, -0.2) is 0 Å². The Kier molecular flexibility index (Phi) is 4.16. The molecule has 90 valence electrons. The molecule has 0 radical (unpaired) electrons. The van der Waals surface area contributed by atoms with Gasteiger partial charge in [-0.15, -0.1) is 0 Å². The molecule has 1 atom stereocenters. The molecule has 0 spiro atoms. The Morgan fingerprint density at radius 3 is 2.59 bits per heavy atom. The summed E-state index contributed by atoms with van der Waals surface area (Å²) < 4.78 is 0. The van der Waals surface area contributed by atoms with Gasteiger partial charge in [0.25, 0.3) is 5.91 Å². The van der Waals surface area contributed by atoms with Gasteiger partial charge in [0, 0.05) is 0 Å². The van der Waals surface area contributed by atoms with Crippen molar-refractivity contribution >= 4 is 5.91 Å². The number of aryl methyl sites for hydroxylation is 2. The van der Waals surface area contributed by atoms with Crippen LogP contribution in [-0.4, -0.2) is 22.1 Å². The fourth-order valence-corrected chi connectivity index (χ4v) is 1.35. The van der Waals surface area contributed by atoms with Crippen molar-refractivity contribution in [2.24, 2.45) is 5.92 Å². The second-order valence-corrected chi connectivity index (χ2v) is 4.31. The van der Waals surface area contributed by atoms with Gasteiger partial charge in [0.05, 0.1) is 23.0 Å². The highest BCUT2D eigenvalue weighted by atomic mass is 16.1. The second-order valence-electron chi connectivity index (χ2n) is 4.31. The van der Waals surface area contributed by atoms with Crippen LogP contribution in [0.5, 0.6) is 0 Å². The van der Waals surface area contributed by atoms with E-state index in [9.17, 15) is 4.79 Å². The Balaban J connectivity index is 2.90. The van der Waals surface area contributed by atoms with Crippen LogP contribution in [0.25, 0.3) is 0 Å². The number of carbonyl (C=O) groups excluding carboxylic acids is 1. The Bertz CT molecular complexity index is 462. The van der Waals surface area contributed by atoms with Crippen LogP contribution < -0.4 is 5.32 Å². The van der Waals surface area contributed by atoms with Crippen molar-refractivity contribution in [1.82, 2.24) is 15.5 Å². The number of aromatic nitrogens is 2. The zero-order valence-electron chi connectivity index (χ0n) is 10.5. The van der Waals surface area contributed by atoms with Gasteiger partial charge in [0.1, 0.15) is 6.04 Å². The van der Waals surface area contributed by atoms with E-state index in [0.29, 0.717) is 17.0 Å². The van der Waals surface area contributed by atoms with Gasteiger partial charge in [-0.05, 0) is 25.8 Å². The molecule has 1 heterocycles. The van der Waals surface area contributed by atoms with Gasteiger partial charge < -0.3 is 5.32 Å². The minimum Gasteiger partial charge on any atom is -0.336 e. The number of nitrogens with zero attached hydrogens (tertiary/aromatic N) is 3. The van der Waals surface area contributed by atoms with Crippen molar-refractivity contribution in [1.29, 1.82) is 5.26 Å². The maximum atomic E-state index is 12.0. The maximum absolute atomic E-state index is 12.0. The predicted molar refractivity (Wildman–Crippen MR) is 63.2 cm³/mol. The largest absolute Gasteiger partial charge is 0.336 e. The summed E-state index contributed by atoms with van der Waals surface area (Å²) in [4.78, 5) is 12.0. The third-order valence-electron chi connectivity index (χ3n) is 2.44. The molecule has 0 saturated heterocycles. The topological polar surface area (TPSA) is 78.7 Å². The summed E-state index contributed by atoms with van der Waals surface area (Å²) in [6, 6.07) is 3.25. The second kappa shape index (κ2) is 5.39. The average Bonchev–Trinajstić information content (AvgIpc) is 2.28. The summed E-state index contributed by atoms with van der Waals surface area (Å²) in [5, 5.41) is 19.4. The molecule has 0 bridgehead atoms. The fourth-order valence-electron chi connectivity index (χ4n) is 1.35. The third-order valence-corrected chi connectivity index (χ3v) is 2.44. The van der Waals surface area contributed by atoms with Crippen molar-refractivity contribution in [2.75, 3.05) is 0 Å². The highest BCUT2D eigenvalue weighted by Crippen LogP contribution is 2.07. The Morgan fingerprint density at radius 2 is 2.06 bits per heavy atom. The molecule has 5 nitrogen and oxygen atoms in total. The quantitative estimate of drug-likeness (QED) is 0.853. The molecule has 1 aromatic heterocycles. The summed E-state index contributed by atoms with van der Waals surface area (Å²) in [7, 11) is 0. The van der Waals surface area contributed by atoms with E-state index in [1.807, 2.05) is 13.8 Å². The predicted octanol–water partition coefficient (Wildman–Crippen LogP) is 1.37. The zero-order chi connectivity index (χ0) is 13.0. The summed E-state index contributed by atoms with van der Waals surface area (Å²) >= 11 is 0. The fraction of sp³-hybridized carbons (Fsp3) is 0.500. The van der Waals surface area contributed by atoms with Gasteiger partial charge in [-0.3, -0.25) is 4.79 Å². The van der Waals surface area contributed by atoms with Crippen LogP contribution in [0.3, 0.4) is 0 Å². The number of hydrogen-bond donors (Lipinski definition) is 1. The van der Waals surface area contributed by atoms with Crippen LogP contribution in [0.15, 0.2) is 6.07 Å².